The minimum absolute atomic E-state index is 0.143. The summed E-state index contributed by atoms with van der Waals surface area (Å²) in [5.74, 6) is 0. The molecule has 1 heterocycles. The number of allylic oxidation sites excluding steroid dienone is 1. The van der Waals surface area contributed by atoms with E-state index < -0.39 is 0 Å². The van der Waals surface area contributed by atoms with Crippen molar-refractivity contribution in [3.8, 4) is 0 Å². The van der Waals surface area contributed by atoms with Crippen molar-refractivity contribution in [3.63, 3.8) is 0 Å². The van der Waals surface area contributed by atoms with Crippen LogP contribution in [0.4, 0.5) is 0 Å². The largest absolute Gasteiger partial charge is 0.501 e. The first-order chi connectivity index (χ1) is 9.85. The molecule has 0 aromatic heterocycles. The molecular formula is C18H32O2. The Labute approximate surface area is 124 Å². The molecule has 1 unspecified atom stereocenters. The average Bonchev–Trinajstić information content (AvgIpc) is 2.94. The van der Waals surface area contributed by atoms with Crippen LogP contribution in [0.25, 0.3) is 0 Å². The summed E-state index contributed by atoms with van der Waals surface area (Å²) in [5, 5.41) is 0. The lowest BCUT2D eigenvalue weighted by atomic mass is 9.87. The number of hydrogen-bond donors (Lipinski definition) is 0. The van der Waals surface area contributed by atoms with E-state index in [0.29, 0.717) is 0 Å². The first-order valence-electron chi connectivity index (χ1n) is 8.78. The number of rotatable bonds is 6. The Bertz CT molecular complexity index is 280. The van der Waals surface area contributed by atoms with E-state index in [1.54, 1.807) is 0 Å². The van der Waals surface area contributed by atoms with Crippen molar-refractivity contribution in [2.45, 2.75) is 89.6 Å². The summed E-state index contributed by atoms with van der Waals surface area (Å²) in [6.45, 7) is 4.09. The molecule has 20 heavy (non-hydrogen) atoms. The third-order valence-electron chi connectivity index (χ3n) is 4.97. The van der Waals surface area contributed by atoms with E-state index in [0.717, 1.165) is 32.5 Å². The molecule has 2 nitrogen and oxygen atoms in total. The van der Waals surface area contributed by atoms with Crippen molar-refractivity contribution < 1.29 is 9.47 Å². The van der Waals surface area contributed by atoms with Gasteiger partial charge in [0.05, 0.1) is 18.5 Å². The topological polar surface area (TPSA) is 18.5 Å². The van der Waals surface area contributed by atoms with Gasteiger partial charge in [-0.25, -0.2) is 0 Å². The van der Waals surface area contributed by atoms with Crippen molar-refractivity contribution in [2.75, 3.05) is 13.2 Å². The minimum Gasteiger partial charge on any atom is -0.501 e. The van der Waals surface area contributed by atoms with Gasteiger partial charge in [0, 0.05) is 6.61 Å². The van der Waals surface area contributed by atoms with Gasteiger partial charge < -0.3 is 9.47 Å². The first kappa shape index (κ1) is 15.9. The molecule has 1 saturated carbocycles. The fourth-order valence-corrected chi connectivity index (χ4v) is 3.52. The van der Waals surface area contributed by atoms with E-state index in [-0.39, 0.29) is 5.60 Å². The maximum absolute atomic E-state index is 6.23. The molecule has 116 valence electrons. The molecule has 0 aromatic carbocycles. The van der Waals surface area contributed by atoms with Crippen molar-refractivity contribution >= 4 is 0 Å². The lowest BCUT2D eigenvalue weighted by molar-refractivity contribution is -0.0717. The van der Waals surface area contributed by atoms with Gasteiger partial charge in [0.15, 0.2) is 0 Å². The monoisotopic (exact) mass is 280 g/mol. The van der Waals surface area contributed by atoms with Gasteiger partial charge in [-0.15, -0.1) is 0 Å². The van der Waals surface area contributed by atoms with Crippen LogP contribution in [0.1, 0.15) is 84.0 Å². The zero-order chi connectivity index (χ0) is 14.1. The van der Waals surface area contributed by atoms with Crippen LogP contribution in [0.15, 0.2) is 11.8 Å². The molecule has 1 aliphatic carbocycles. The van der Waals surface area contributed by atoms with Crippen LogP contribution < -0.4 is 0 Å². The van der Waals surface area contributed by atoms with Crippen LogP contribution in [0.2, 0.25) is 0 Å². The fourth-order valence-electron chi connectivity index (χ4n) is 3.52. The van der Waals surface area contributed by atoms with Gasteiger partial charge in [0.25, 0.3) is 0 Å². The van der Waals surface area contributed by atoms with Gasteiger partial charge in [0.1, 0.15) is 0 Å². The average molecular weight is 280 g/mol. The second-order valence-corrected chi connectivity index (χ2v) is 6.51. The lowest BCUT2D eigenvalue weighted by Crippen LogP contribution is -2.33. The third-order valence-corrected chi connectivity index (χ3v) is 4.97. The molecule has 0 spiro atoms. The highest BCUT2D eigenvalue weighted by molar-refractivity contribution is 5.02. The van der Waals surface area contributed by atoms with Crippen molar-refractivity contribution in [1.82, 2.24) is 0 Å². The summed E-state index contributed by atoms with van der Waals surface area (Å²) in [6.07, 6.45) is 17.2. The Kier molecular flexibility index (Phi) is 6.92. The highest BCUT2D eigenvalue weighted by atomic mass is 16.5. The summed E-state index contributed by atoms with van der Waals surface area (Å²) >= 11 is 0. The maximum atomic E-state index is 6.23. The van der Waals surface area contributed by atoms with Gasteiger partial charge >= 0.3 is 0 Å². The van der Waals surface area contributed by atoms with Crippen LogP contribution in [0.3, 0.4) is 0 Å². The normalized spacial score (nSPS) is 27.9. The Balaban J connectivity index is 1.67. The first-order valence-corrected chi connectivity index (χ1v) is 8.78. The van der Waals surface area contributed by atoms with Gasteiger partial charge in [0.2, 0.25) is 0 Å². The molecule has 1 saturated heterocycles. The molecule has 2 aliphatic rings. The van der Waals surface area contributed by atoms with Crippen LogP contribution >= 0.6 is 0 Å². The predicted octanol–water partition coefficient (Wildman–Crippen LogP) is 5.37. The standard InChI is InChI=1S/C18H32O2/c1-2-18(12-7-3-4-8-15-20-18)13-9-14-19-16-17-10-5-6-11-17/h16H,2-15H2,1H3. The minimum atomic E-state index is 0.143. The van der Waals surface area contributed by atoms with E-state index in [1.807, 2.05) is 6.26 Å². The zero-order valence-electron chi connectivity index (χ0n) is 13.3. The van der Waals surface area contributed by atoms with E-state index in [1.165, 1.54) is 63.4 Å². The van der Waals surface area contributed by atoms with Gasteiger partial charge in [-0.3, -0.25) is 0 Å². The quantitative estimate of drug-likeness (QED) is 0.481. The molecule has 2 rings (SSSR count). The summed E-state index contributed by atoms with van der Waals surface area (Å²) in [7, 11) is 0. The van der Waals surface area contributed by atoms with E-state index >= 15 is 0 Å². The Morgan fingerprint density at radius 2 is 1.90 bits per heavy atom. The van der Waals surface area contributed by atoms with Crippen LogP contribution in [-0.2, 0) is 9.47 Å². The molecule has 0 aromatic rings. The SMILES string of the molecule is CCC1(CCCOC=C2CCCC2)CCCCCCO1. The molecule has 2 fully saturated rings. The van der Waals surface area contributed by atoms with Crippen molar-refractivity contribution in [3.05, 3.63) is 11.8 Å². The van der Waals surface area contributed by atoms with Gasteiger partial charge in [-0.2, -0.15) is 0 Å². The van der Waals surface area contributed by atoms with Crippen molar-refractivity contribution in [1.29, 1.82) is 0 Å². The maximum Gasteiger partial charge on any atom is 0.0874 e. The lowest BCUT2D eigenvalue weighted by Gasteiger charge is -2.35. The van der Waals surface area contributed by atoms with Crippen LogP contribution in [-0.4, -0.2) is 18.8 Å². The van der Waals surface area contributed by atoms with Gasteiger partial charge in [-0.1, -0.05) is 26.2 Å². The molecular weight excluding hydrogens is 248 g/mol. The third kappa shape index (κ3) is 5.12. The summed E-state index contributed by atoms with van der Waals surface area (Å²) in [5.41, 5.74) is 1.65. The van der Waals surface area contributed by atoms with E-state index in [2.05, 4.69) is 6.92 Å². The summed E-state index contributed by atoms with van der Waals surface area (Å²) < 4.78 is 12.0. The zero-order valence-corrected chi connectivity index (χ0v) is 13.3. The van der Waals surface area contributed by atoms with E-state index in [4.69, 9.17) is 9.47 Å². The summed E-state index contributed by atoms with van der Waals surface area (Å²) in [6, 6.07) is 0. The number of ether oxygens (including phenoxy) is 2. The van der Waals surface area contributed by atoms with Crippen LogP contribution in [0, 0.1) is 0 Å². The molecule has 1 atom stereocenters. The Morgan fingerprint density at radius 3 is 2.70 bits per heavy atom. The molecule has 0 radical (unpaired) electrons. The van der Waals surface area contributed by atoms with Gasteiger partial charge in [-0.05, 0) is 63.4 Å². The highest BCUT2D eigenvalue weighted by Gasteiger charge is 2.28. The van der Waals surface area contributed by atoms with Crippen molar-refractivity contribution in [2.24, 2.45) is 0 Å². The highest BCUT2D eigenvalue weighted by Crippen LogP contribution is 2.31. The molecule has 0 N–H and O–H groups in total. The Hall–Kier alpha value is -0.500. The molecule has 2 heteroatoms. The predicted molar refractivity (Wildman–Crippen MR) is 83.8 cm³/mol. The number of hydrogen-bond acceptors (Lipinski definition) is 2. The summed E-state index contributed by atoms with van der Waals surface area (Å²) in [4.78, 5) is 0. The molecule has 1 aliphatic heterocycles. The molecule has 0 bridgehead atoms. The second-order valence-electron chi connectivity index (χ2n) is 6.51. The van der Waals surface area contributed by atoms with E-state index in [9.17, 15) is 0 Å². The molecule has 0 amide bonds. The van der Waals surface area contributed by atoms with Crippen LogP contribution in [0.5, 0.6) is 0 Å². The smallest absolute Gasteiger partial charge is 0.0874 e. The fraction of sp³-hybridized carbons (Fsp3) is 0.889. The Morgan fingerprint density at radius 1 is 1.10 bits per heavy atom. The second kappa shape index (κ2) is 8.71.